The monoisotopic (exact) mass is 248 g/mol. The summed E-state index contributed by atoms with van der Waals surface area (Å²) >= 11 is 0. The minimum absolute atomic E-state index is 0.0558. The van der Waals surface area contributed by atoms with Crippen LogP contribution in [-0.4, -0.2) is 4.98 Å². The quantitative estimate of drug-likeness (QED) is 0.898. The van der Waals surface area contributed by atoms with E-state index in [-0.39, 0.29) is 18.2 Å². The van der Waals surface area contributed by atoms with Crippen molar-refractivity contribution in [2.45, 2.75) is 19.5 Å². The van der Waals surface area contributed by atoms with E-state index in [4.69, 9.17) is 0 Å². The van der Waals surface area contributed by atoms with E-state index in [0.717, 1.165) is 5.69 Å². The molecule has 4 heteroatoms. The van der Waals surface area contributed by atoms with Crippen molar-refractivity contribution >= 4 is 0 Å². The SMILES string of the molecule is CC(NCc1c(F)cccc1F)c1ccccn1. The molecule has 1 aromatic carbocycles. The second kappa shape index (κ2) is 5.69. The summed E-state index contributed by atoms with van der Waals surface area (Å²) in [4.78, 5) is 4.19. The van der Waals surface area contributed by atoms with Gasteiger partial charge >= 0.3 is 0 Å². The number of halogens is 2. The Hall–Kier alpha value is -1.81. The second-order valence-corrected chi connectivity index (χ2v) is 4.06. The standard InChI is InChI=1S/C14H14F2N2/c1-10(14-7-2-3-8-17-14)18-9-11-12(15)5-4-6-13(11)16/h2-8,10,18H,9H2,1H3. The maximum absolute atomic E-state index is 13.4. The predicted octanol–water partition coefficient (Wildman–Crippen LogP) is 3.21. The maximum Gasteiger partial charge on any atom is 0.130 e. The lowest BCUT2D eigenvalue weighted by atomic mass is 10.1. The van der Waals surface area contributed by atoms with Crippen molar-refractivity contribution in [2.75, 3.05) is 0 Å². The van der Waals surface area contributed by atoms with Crippen LogP contribution in [0.25, 0.3) is 0 Å². The molecular weight excluding hydrogens is 234 g/mol. The van der Waals surface area contributed by atoms with Gasteiger partial charge in [0.25, 0.3) is 0 Å². The first-order valence-electron chi connectivity index (χ1n) is 5.75. The summed E-state index contributed by atoms with van der Waals surface area (Å²) in [5.41, 5.74) is 0.898. The Morgan fingerprint density at radius 1 is 1.11 bits per heavy atom. The third-order valence-electron chi connectivity index (χ3n) is 2.78. The van der Waals surface area contributed by atoms with Crippen molar-refractivity contribution in [1.82, 2.24) is 10.3 Å². The molecule has 0 fully saturated rings. The van der Waals surface area contributed by atoms with Crippen LogP contribution in [0.3, 0.4) is 0 Å². The number of pyridine rings is 1. The van der Waals surface area contributed by atoms with Crippen LogP contribution in [0.15, 0.2) is 42.6 Å². The first-order valence-corrected chi connectivity index (χ1v) is 5.75. The Balaban J connectivity index is 2.04. The Kier molecular flexibility index (Phi) is 3.99. The van der Waals surface area contributed by atoms with E-state index in [1.165, 1.54) is 18.2 Å². The van der Waals surface area contributed by atoms with Crippen LogP contribution in [-0.2, 0) is 6.54 Å². The average Bonchev–Trinajstić information content (AvgIpc) is 2.39. The molecule has 0 saturated heterocycles. The molecule has 2 rings (SSSR count). The van der Waals surface area contributed by atoms with E-state index in [1.807, 2.05) is 25.1 Å². The fourth-order valence-electron chi connectivity index (χ4n) is 1.69. The van der Waals surface area contributed by atoms with Crippen molar-refractivity contribution in [1.29, 1.82) is 0 Å². The Morgan fingerprint density at radius 3 is 2.44 bits per heavy atom. The van der Waals surface area contributed by atoms with Crippen LogP contribution in [0.1, 0.15) is 24.2 Å². The fraction of sp³-hybridized carbons (Fsp3) is 0.214. The van der Waals surface area contributed by atoms with Crippen LogP contribution in [0.5, 0.6) is 0 Å². The van der Waals surface area contributed by atoms with Gasteiger partial charge in [-0.25, -0.2) is 8.78 Å². The smallest absolute Gasteiger partial charge is 0.130 e. The molecule has 94 valence electrons. The minimum Gasteiger partial charge on any atom is -0.305 e. The third-order valence-corrected chi connectivity index (χ3v) is 2.78. The molecule has 0 saturated carbocycles. The molecule has 1 N–H and O–H groups in total. The van der Waals surface area contributed by atoms with Gasteiger partial charge in [-0.05, 0) is 31.2 Å². The van der Waals surface area contributed by atoms with Crippen molar-refractivity contribution in [3.05, 3.63) is 65.5 Å². The summed E-state index contributed by atoms with van der Waals surface area (Å²) in [6.07, 6.45) is 1.69. The lowest BCUT2D eigenvalue weighted by Gasteiger charge is -2.13. The number of benzene rings is 1. The van der Waals surface area contributed by atoms with Crippen molar-refractivity contribution in [2.24, 2.45) is 0 Å². The number of nitrogens with one attached hydrogen (secondary N) is 1. The highest BCUT2D eigenvalue weighted by atomic mass is 19.1. The molecule has 0 radical (unpaired) electrons. The summed E-state index contributed by atoms with van der Waals surface area (Å²) in [6, 6.07) is 9.38. The van der Waals surface area contributed by atoms with E-state index in [9.17, 15) is 8.78 Å². The van der Waals surface area contributed by atoms with Gasteiger partial charge in [-0.3, -0.25) is 4.98 Å². The van der Waals surface area contributed by atoms with Crippen LogP contribution in [0, 0.1) is 11.6 Å². The molecule has 0 spiro atoms. The van der Waals surface area contributed by atoms with Gasteiger partial charge in [-0.15, -0.1) is 0 Å². The van der Waals surface area contributed by atoms with E-state index in [0.29, 0.717) is 0 Å². The highest BCUT2D eigenvalue weighted by Gasteiger charge is 2.11. The highest BCUT2D eigenvalue weighted by Crippen LogP contribution is 2.14. The average molecular weight is 248 g/mol. The van der Waals surface area contributed by atoms with Crippen LogP contribution in [0.4, 0.5) is 8.78 Å². The van der Waals surface area contributed by atoms with E-state index >= 15 is 0 Å². The molecule has 2 aromatic rings. The normalized spacial score (nSPS) is 12.4. The van der Waals surface area contributed by atoms with Gasteiger partial charge in [-0.1, -0.05) is 12.1 Å². The topological polar surface area (TPSA) is 24.9 Å². The summed E-state index contributed by atoms with van der Waals surface area (Å²) < 4.78 is 26.8. The van der Waals surface area contributed by atoms with E-state index in [2.05, 4.69) is 10.3 Å². The van der Waals surface area contributed by atoms with Crippen molar-refractivity contribution in [3.8, 4) is 0 Å². The van der Waals surface area contributed by atoms with Crippen LogP contribution in [0.2, 0.25) is 0 Å². The number of hydrogen-bond acceptors (Lipinski definition) is 2. The zero-order valence-electron chi connectivity index (χ0n) is 10.0. The summed E-state index contributed by atoms with van der Waals surface area (Å²) in [7, 11) is 0. The summed E-state index contributed by atoms with van der Waals surface area (Å²) in [5.74, 6) is -1.06. The lowest BCUT2D eigenvalue weighted by molar-refractivity contribution is 0.504. The van der Waals surface area contributed by atoms with E-state index in [1.54, 1.807) is 6.20 Å². The highest BCUT2D eigenvalue weighted by molar-refractivity contribution is 5.20. The van der Waals surface area contributed by atoms with Gasteiger partial charge in [-0.2, -0.15) is 0 Å². The summed E-state index contributed by atoms with van der Waals surface area (Å²) in [5, 5.41) is 3.05. The molecule has 0 aliphatic carbocycles. The zero-order valence-corrected chi connectivity index (χ0v) is 10.0. The molecule has 18 heavy (non-hydrogen) atoms. The molecule has 2 nitrogen and oxygen atoms in total. The van der Waals surface area contributed by atoms with Gasteiger partial charge in [0.05, 0.1) is 5.69 Å². The fourth-order valence-corrected chi connectivity index (χ4v) is 1.69. The maximum atomic E-state index is 13.4. The van der Waals surface area contributed by atoms with Gasteiger partial charge in [0.2, 0.25) is 0 Å². The van der Waals surface area contributed by atoms with Crippen LogP contribution < -0.4 is 5.32 Å². The van der Waals surface area contributed by atoms with Gasteiger partial charge < -0.3 is 5.32 Å². The lowest BCUT2D eigenvalue weighted by Crippen LogP contribution is -2.20. The largest absolute Gasteiger partial charge is 0.305 e. The predicted molar refractivity (Wildman–Crippen MR) is 65.8 cm³/mol. The molecule has 1 unspecified atom stereocenters. The van der Waals surface area contributed by atoms with Gasteiger partial charge in [0.15, 0.2) is 0 Å². The molecule has 0 amide bonds. The number of aromatic nitrogens is 1. The number of rotatable bonds is 4. The Labute approximate surface area is 105 Å². The summed E-state index contributed by atoms with van der Waals surface area (Å²) in [6.45, 7) is 2.04. The molecule has 1 atom stereocenters. The molecule has 1 heterocycles. The van der Waals surface area contributed by atoms with E-state index < -0.39 is 11.6 Å². The third kappa shape index (κ3) is 2.90. The second-order valence-electron chi connectivity index (χ2n) is 4.06. The zero-order chi connectivity index (χ0) is 13.0. The number of nitrogens with zero attached hydrogens (tertiary/aromatic N) is 1. The molecule has 0 aliphatic heterocycles. The molecule has 0 aliphatic rings. The van der Waals surface area contributed by atoms with Gasteiger partial charge in [0.1, 0.15) is 11.6 Å². The van der Waals surface area contributed by atoms with Crippen molar-refractivity contribution in [3.63, 3.8) is 0 Å². The first kappa shape index (κ1) is 12.6. The molecule has 0 bridgehead atoms. The van der Waals surface area contributed by atoms with Crippen molar-refractivity contribution < 1.29 is 8.78 Å². The van der Waals surface area contributed by atoms with Gasteiger partial charge in [0, 0.05) is 24.3 Å². The number of hydrogen-bond donors (Lipinski definition) is 1. The Bertz CT molecular complexity index is 494. The minimum atomic E-state index is -0.532. The molecular formula is C14H14F2N2. The Morgan fingerprint density at radius 2 is 1.83 bits per heavy atom. The first-order chi connectivity index (χ1) is 8.68. The molecule has 1 aromatic heterocycles. The van der Waals surface area contributed by atoms with Crippen LogP contribution >= 0.6 is 0 Å².